The van der Waals surface area contributed by atoms with Gasteiger partial charge in [0.1, 0.15) is 0 Å². The first-order chi connectivity index (χ1) is 14.6. The lowest BCUT2D eigenvalue weighted by Gasteiger charge is -2.15. The quantitative estimate of drug-likeness (QED) is 0.614. The van der Waals surface area contributed by atoms with Crippen molar-refractivity contribution >= 4 is 15.9 Å². The Morgan fingerprint density at radius 2 is 1.70 bits per heavy atom. The van der Waals surface area contributed by atoms with Gasteiger partial charge in [-0.15, -0.1) is 0 Å². The molecule has 0 saturated carbocycles. The number of carbonyl (C=O) groups excluding carboxylic acids is 1. The highest BCUT2D eigenvalue weighted by atomic mass is 32.2. The number of amides is 1. The number of nitrogens with one attached hydrogen (secondary N) is 1. The molecule has 30 heavy (non-hydrogen) atoms. The molecule has 1 aliphatic rings. The van der Waals surface area contributed by atoms with Crippen molar-refractivity contribution in [3.8, 4) is 11.6 Å². The molecule has 0 atom stereocenters. The summed E-state index contributed by atoms with van der Waals surface area (Å²) in [5, 5.41) is 2.84. The first-order valence-corrected chi connectivity index (χ1v) is 11.2. The van der Waals surface area contributed by atoms with Crippen LogP contribution in [0.2, 0.25) is 0 Å². The van der Waals surface area contributed by atoms with Gasteiger partial charge in [0.25, 0.3) is 5.91 Å². The van der Waals surface area contributed by atoms with Gasteiger partial charge in [-0.2, -0.15) is 4.31 Å². The summed E-state index contributed by atoms with van der Waals surface area (Å²) < 4.78 is 28.5. The molecule has 10 heteroatoms. The van der Waals surface area contributed by atoms with Crippen LogP contribution in [0.4, 0.5) is 0 Å². The first-order valence-electron chi connectivity index (χ1n) is 9.72. The molecule has 156 valence electrons. The Bertz CT molecular complexity index is 1110. The van der Waals surface area contributed by atoms with Crippen molar-refractivity contribution in [1.82, 2.24) is 29.1 Å². The maximum atomic E-state index is 12.6. The lowest BCUT2D eigenvalue weighted by atomic mass is 10.2. The third-order valence-corrected chi connectivity index (χ3v) is 6.85. The van der Waals surface area contributed by atoms with Crippen LogP contribution in [0.1, 0.15) is 23.2 Å². The number of rotatable bonds is 7. The molecule has 1 fully saturated rings. The molecule has 9 nitrogen and oxygen atoms in total. The van der Waals surface area contributed by atoms with E-state index >= 15 is 0 Å². The smallest absolute Gasteiger partial charge is 0.251 e. The number of carbonyl (C=O) groups is 1. The van der Waals surface area contributed by atoms with E-state index in [1.54, 1.807) is 43.0 Å². The number of sulfonamides is 1. The van der Waals surface area contributed by atoms with E-state index < -0.39 is 10.0 Å². The highest BCUT2D eigenvalue weighted by Gasteiger charge is 2.27. The number of nitrogens with zero attached hydrogens (tertiary/aromatic N) is 5. The molecular weight excluding hydrogens is 404 g/mol. The van der Waals surface area contributed by atoms with Crippen LogP contribution < -0.4 is 5.32 Å². The van der Waals surface area contributed by atoms with Gasteiger partial charge in [0.05, 0.1) is 4.90 Å². The molecule has 0 bridgehead atoms. The van der Waals surface area contributed by atoms with Crippen molar-refractivity contribution < 1.29 is 13.2 Å². The Morgan fingerprint density at radius 3 is 2.40 bits per heavy atom. The highest BCUT2D eigenvalue weighted by Crippen LogP contribution is 2.21. The minimum atomic E-state index is -3.48. The van der Waals surface area contributed by atoms with Crippen LogP contribution in [0, 0.1) is 0 Å². The molecule has 0 spiro atoms. The summed E-state index contributed by atoms with van der Waals surface area (Å²) in [6, 6.07) is 7.79. The fourth-order valence-corrected chi connectivity index (χ4v) is 4.88. The monoisotopic (exact) mass is 426 g/mol. The van der Waals surface area contributed by atoms with Crippen LogP contribution in [0.3, 0.4) is 0 Å². The second-order valence-corrected chi connectivity index (χ2v) is 8.85. The number of benzene rings is 1. The third kappa shape index (κ3) is 4.24. The van der Waals surface area contributed by atoms with E-state index in [9.17, 15) is 13.2 Å². The van der Waals surface area contributed by atoms with Crippen LogP contribution in [0.15, 0.2) is 60.0 Å². The lowest BCUT2D eigenvalue weighted by Crippen LogP contribution is -2.28. The Hall–Kier alpha value is -3.11. The van der Waals surface area contributed by atoms with Gasteiger partial charge in [-0.1, -0.05) is 0 Å². The molecular formula is C20H22N6O3S. The average Bonchev–Trinajstić information content (AvgIpc) is 3.47. The zero-order valence-electron chi connectivity index (χ0n) is 16.3. The number of hydrogen-bond acceptors (Lipinski definition) is 6. The van der Waals surface area contributed by atoms with Gasteiger partial charge >= 0.3 is 0 Å². The summed E-state index contributed by atoms with van der Waals surface area (Å²) in [4.78, 5) is 25.3. The van der Waals surface area contributed by atoms with E-state index in [1.807, 2.05) is 4.57 Å². The predicted molar refractivity (Wildman–Crippen MR) is 110 cm³/mol. The minimum absolute atomic E-state index is 0.215. The van der Waals surface area contributed by atoms with Gasteiger partial charge in [0, 0.05) is 56.5 Å². The minimum Gasteiger partial charge on any atom is -0.350 e. The van der Waals surface area contributed by atoms with Crippen LogP contribution in [0.25, 0.3) is 11.6 Å². The molecule has 0 unspecified atom stereocenters. The average molecular weight is 427 g/mol. The summed E-state index contributed by atoms with van der Waals surface area (Å²) in [6.45, 7) is 1.98. The highest BCUT2D eigenvalue weighted by molar-refractivity contribution is 7.89. The Labute approximate surface area is 174 Å². The topological polar surface area (TPSA) is 110 Å². The molecule has 1 amide bonds. The van der Waals surface area contributed by atoms with E-state index in [-0.39, 0.29) is 10.8 Å². The predicted octanol–water partition coefficient (Wildman–Crippen LogP) is 1.55. The summed E-state index contributed by atoms with van der Waals surface area (Å²) >= 11 is 0. The van der Waals surface area contributed by atoms with Gasteiger partial charge in [0.15, 0.2) is 11.6 Å². The molecule has 0 radical (unpaired) electrons. The largest absolute Gasteiger partial charge is 0.350 e. The number of imidazole rings is 1. The summed E-state index contributed by atoms with van der Waals surface area (Å²) in [5.74, 6) is 0.877. The van der Waals surface area contributed by atoms with Gasteiger partial charge < -0.3 is 9.88 Å². The van der Waals surface area contributed by atoms with Gasteiger partial charge in [-0.3, -0.25) is 4.79 Å². The Morgan fingerprint density at radius 1 is 1.00 bits per heavy atom. The van der Waals surface area contributed by atoms with E-state index in [2.05, 4.69) is 20.3 Å². The zero-order valence-corrected chi connectivity index (χ0v) is 17.1. The molecule has 1 N–H and O–H groups in total. The van der Waals surface area contributed by atoms with Crippen molar-refractivity contribution in [2.45, 2.75) is 24.3 Å². The van der Waals surface area contributed by atoms with Crippen molar-refractivity contribution in [1.29, 1.82) is 0 Å². The molecule has 1 aromatic carbocycles. The van der Waals surface area contributed by atoms with Crippen molar-refractivity contribution in [2.75, 3.05) is 19.6 Å². The molecule has 4 rings (SSSR count). The van der Waals surface area contributed by atoms with Gasteiger partial charge in [0.2, 0.25) is 10.0 Å². The fraction of sp³-hybridized carbons (Fsp3) is 0.300. The standard InChI is InChI=1S/C20H22N6O3S/c27-20(16-4-6-17(7-5-16)30(28,29)26-12-1-2-13-26)24-11-15-25-14-10-23-19(25)18-21-8-3-9-22-18/h3-10,14H,1-2,11-13,15H2,(H,24,27). The normalized spacial score (nSPS) is 14.7. The van der Waals surface area contributed by atoms with Gasteiger partial charge in [-0.05, 0) is 43.2 Å². The maximum absolute atomic E-state index is 12.6. The van der Waals surface area contributed by atoms with Crippen LogP contribution in [-0.4, -0.2) is 57.8 Å². The van der Waals surface area contributed by atoms with E-state index in [0.717, 1.165) is 12.8 Å². The molecule has 2 aromatic heterocycles. The Balaban J connectivity index is 1.36. The second-order valence-electron chi connectivity index (χ2n) is 6.91. The summed E-state index contributed by atoms with van der Waals surface area (Å²) in [7, 11) is -3.48. The van der Waals surface area contributed by atoms with E-state index in [1.165, 1.54) is 16.4 Å². The van der Waals surface area contributed by atoms with E-state index in [0.29, 0.717) is 43.4 Å². The first kappa shape index (κ1) is 20.2. The van der Waals surface area contributed by atoms with E-state index in [4.69, 9.17) is 0 Å². The van der Waals surface area contributed by atoms with Gasteiger partial charge in [-0.25, -0.2) is 23.4 Å². The molecule has 3 aromatic rings. The molecule has 1 aliphatic heterocycles. The SMILES string of the molecule is O=C(NCCn1ccnc1-c1ncccn1)c1ccc(S(=O)(=O)N2CCCC2)cc1. The van der Waals surface area contributed by atoms with Crippen LogP contribution in [0.5, 0.6) is 0 Å². The Kier molecular flexibility index (Phi) is 5.86. The fourth-order valence-electron chi connectivity index (χ4n) is 3.36. The zero-order chi connectivity index (χ0) is 21.0. The van der Waals surface area contributed by atoms with Crippen LogP contribution >= 0.6 is 0 Å². The molecule has 0 aliphatic carbocycles. The number of hydrogen-bond donors (Lipinski definition) is 1. The van der Waals surface area contributed by atoms with Crippen molar-refractivity contribution in [2.24, 2.45) is 0 Å². The maximum Gasteiger partial charge on any atom is 0.251 e. The molecule has 1 saturated heterocycles. The lowest BCUT2D eigenvalue weighted by molar-refractivity contribution is 0.0952. The summed E-state index contributed by atoms with van der Waals surface area (Å²) in [5.41, 5.74) is 0.410. The third-order valence-electron chi connectivity index (χ3n) is 4.94. The summed E-state index contributed by atoms with van der Waals surface area (Å²) in [6.07, 6.45) is 8.53. The molecule has 3 heterocycles. The van der Waals surface area contributed by atoms with Crippen molar-refractivity contribution in [3.63, 3.8) is 0 Å². The number of aromatic nitrogens is 4. The van der Waals surface area contributed by atoms with Crippen LogP contribution in [-0.2, 0) is 16.6 Å². The second kappa shape index (κ2) is 8.72. The van der Waals surface area contributed by atoms with Crippen molar-refractivity contribution in [3.05, 3.63) is 60.7 Å².